The van der Waals surface area contributed by atoms with Gasteiger partial charge < -0.3 is 19.7 Å². The second kappa shape index (κ2) is 10.0. The minimum absolute atomic E-state index is 0.102. The number of aliphatic imine (C=N–C) groups is 1. The Labute approximate surface area is 183 Å². The zero-order valence-corrected chi connectivity index (χ0v) is 17.9. The molecule has 8 nitrogen and oxygen atoms in total. The third-order valence-corrected chi connectivity index (χ3v) is 5.30. The van der Waals surface area contributed by atoms with E-state index in [1.807, 2.05) is 6.92 Å². The van der Waals surface area contributed by atoms with E-state index < -0.39 is 5.91 Å². The highest BCUT2D eigenvalue weighted by Crippen LogP contribution is 2.34. The normalized spacial score (nSPS) is 15.3. The fourth-order valence-corrected chi connectivity index (χ4v) is 3.73. The predicted octanol–water partition coefficient (Wildman–Crippen LogP) is 3.66. The molecule has 1 heterocycles. The van der Waals surface area contributed by atoms with E-state index in [-0.39, 0.29) is 29.8 Å². The van der Waals surface area contributed by atoms with E-state index in [4.69, 9.17) is 9.47 Å². The van der Waals surface area contributed by atoms with Crippen molar-refractivity contribution >= 4 is 35.2 Å². The number of imide groups is 1. The van der Waals surface area contributed by atoms with Gasteiger partial charge in [0.25, 0.3) is 11.1 Å². The van der Waals surface area contributed by atoms with Crippen molar-refractivity contribution in [3.8, 4) is 23.0 Å². The first-order valence-electron chi connectivity index (χ1n) is 9.51. The number of carbonyl (C=O) groups excluding carboxylic acids is 2. The lowest BCUT2D eigenvalue weighted by Gasteiger charge is -2.10. The summed E-state index contributed by atoms with van der Waals surface area (Å²) in [5, 5.41) is 18.9. The maximum Gasteiger partial charge on any atom is 0.293 e. The van der Waals surface area contributed by atoms with E-state index >= 15 is 0 Å². The number of rotatable bonds is 8. The van der Waals surface area contributed by atoms with E-state index in [9.17, 15) is 19.8 Å². The molecule has 0 bridgehead atoms. The molecule has 3 rings (SSSR count). The standard InChI is InChI=1S/C22H22N2O6S/c1-3-30-17-8-7-14(11-18(17)29-2)12-19-21(27)24(22(28)31-19)10-9-23-13-15-5-4-6-16(25)20(15)26/h4-8,11-13,25-26H,3,9-10H2,1-2H3/b19-12-,23-13?. The number of benzene rings is 2. The van der Waals surface area contributed by atoms with Crippen molar-refractivity contribution in [2.45, 2.75) is 6.92 Å². The van der Waals surface area contributed by atoms with Gasteiger partial charge in [0, 0.05) is 18.3 Å². The molecule has 9 heteroatoms. The first kappa shape index (κ1) is 22.2. The Balaban J connectivity index is 1.66. The molecule has 1 aliphatic rings. The summed E-state index contributed by atoms with van der Waals surface area (Å²) >= 11 is 0.865. The highest BCUT2D eigenvalue weighted by Gasteiger charge is 2.34. The van der Waals surface area contributed by atoms with E-state index in [0.717, 1.165) is 16.7 Å². The molecule has 1 saturated heterocycles. The largest absolute Gasteiger partial charge is 0.504 e. The van der Waals surface area contributed by atoms with Gasteiger partial charge in [-0.25, -0.2) is 0 Å². The van der Waals surface area contributed by atoms with Crippen LogP contribution in [0.25, 0.3) is 6.08 Å². The summed E-state index contributed by atoms with van der Waals surface area (Å²) in [5.41, 5.74) is 1.06. The van der Waals surface area contributed by atoms with E-state index in [2.05, 4.69) is 4.99 Å². The van der Waals surface area contributed by atoms with Crippen molar-refractivity contribution in [1.82, 2.24) is 4.90 Å². The van der Waals surface area contributed by atoms with Crippen LogP contribution in [-0.2, 0) is 4.79 Å². The summed E-state index contributed by atoms with van der Waals surface area (Å²) in [6.07, 6.45) is 3.02. The van der Waals surface area contributed by atoms with Gasteiger partial charge in [-0.3, -0.25) is 19.5 Å². The number of nitrogens with zero attached hydrogens (tertiary/aromatic N) is 2. The van der Waals surface area contributed by atoms with Crippen LogP contribution in [0.5, 0.6) is 23.0 Å². The molecular weight excluding hydrogens is 420 g/mol. The van der Waals surface area contributed by atoms with Crippen molar-refractivity contribution < 1.29 is 29.3 Å². The summed E-state index contributed by atoms with van der Waals surface area (Å²) in [4.78, 5) is 30.5. The molecule has 0 aromatic heterocycles. The topological polar surface area (TPSA) is 109 Å². The lowest BCUT2D eigenvalue weighted by Crippen LogP contribution is -2.30. The second-order valence-electron chi connectivity index (χ2n) is 6.43. The number of carbonyl (C=O) groups is 2. The van der Waals surface area contributed by atoms with Crippen LogP contribution in [-0.4, -0.2) is 59.3 Å². The van der Waals surface area contributed by atoms with Crippen molar-refractivity contribution in [2.75, 3.05) is 26.8 Å². The molecular formula is C22H22N2O6S. The number of ether oxygens (including phenoxy) is 2. The fourth-order valence-electron chi connectivity index (χ4n) is 2.87. The Bertz CT molecular complexity index is 1050. The number of phenolic OH excluding ortho intramolecular Hbond substituents is 2. The summed E-state index contributed by atoms with van der Waals surface area (Å²) in [5.74, 6) is 0.237. The molecule has 2 aromatic rings. The van der Waals surface area contributed by atoms with Crippen LogP contribution < -0.4 is 9.47 Å². The van der Waals surface area contributed by atoms with Crippen LogP contribution in [0.2, 0.25) is 0 Å². The van der Waals surface area contributed by atoms with E-state index in [0.29, 0.717) is 34.1 Å². The number of hydrogen-bond donors (Lipinski definition) is 2. The molecule has 2 N–H and O–H groups in total. The van der Waals surface area contributed by atoms with Crippen molar-refractivity contribution in [2.24, 2.45) is 4.99 Å². The number of para-hydroxylation sites is 1. The third-order valence-electron chi connectivity index (χ3n) is 4.39. The highest BCUT2D eigenvalue weighted by atomic mass is 32.2. The van der Waals surface area contributed by atoms with Crippen LogP contribution in [0.15, 0.2) is 46.3 Å². The monoisotopic (exact) mass is 442 g/mol. The van der Waals surface area contributed by atoms with E-state index in [1.165, 1.54) is 19.4 Å². The van der Waals surface area contributed by atoms with Gasteiger partial charge in [-0.2, -0.15) is 0 Å². The molecule has 0 unspecified atom stereocenters. The molecule has 31 heavy (non-hydrogen) atoms. The van der Waals surface area contributed by atoms with Crippen LogP contribution in [0.1, 0.15) is 18.1 Å². The lowest BCUT2D eigenvalue weighted by molar-refractivity contribution is -0.122. The van der Waals surface area contributed by atoms with Crippen LogP contribution in [0, 0.1) is 0 Å². The minimum atomic E-state index is -0.391. The Morgan fingerprint density at radius 2 is 1.97 bits per heavy atom. The number of thioether (sulfide) groups is 1. The molecule has 0 aliphatic carbocycles. The van der Waals surface area contributed by atoms with Crippen LogP contribution in [0.3, 0.4) is 0 Å². The first-order chi connectivity index (χ1) is 14.9. The Morgan fingerprint density at radius 1 is 1.16 bits per heavy atom. The van der Waals surface area contributed by atoms with Gasteiger partial charge in [0.2, 0.25) is 0 Å². The second-order valence-corrected chi connectivity index (χ2v) is 7.42. The Morgan fingerprint density at radius 3 is 2.71 bits per heavy atom. The zero-order valence-electron chi connectivity index (χ0n) is 17.1. The first-order valence-corrected chi connectivity index (χ1v) is 10.3. The van der Waals surface area contributed by atoms with Gasteiger partial charge in [-0.05, 0) is 54.6 Å². The number of phenols is 2. The van der Waals surface area contributed by atoms with Crippen molar-refractivity contribution in [1.29, 1.82) is 0 Å². The summed E-state index contributed by atoms with van der Waals surface area (Å²) in [6, 6.07) is 9.81. The smallest absolute Gasteiger partial charge is 0.293 e. The molecule has 1 fully saturated rings. The van der Waals surface area contributed by atoms with Crippen molar-refractivity contribution in [3.05, 3.63) is 52.4 Å². The van der Waals surface area contributed by atoms with Crippen LogP contribution >= 0.6 is 11.8 Å². The third kappa shape index (κ3) is 5.18. The maximum absolute atomic E-state index is 12.6. The molecule has 0 spiro atoms. The Hall–Kier alpha value is -3.46. The van der Waals surface area contributed by atoms with Gasteiger partial charge in [0.15, 0.2) is 23.0 Å². The van der Waals surface area contributed by atoms with Crippen molar-refractivity contribution in [3.63, 3.8) is 0 Å². The zero-order chi connectivity index (χ0) is 22.4. The van der Waals surface area contributed by atoms with Gasteiger partial charge >= 0.3 is 0 Å². The molecule has 2 aromatic carbocycles. The van der Waals surface area contributed by atoms with Gasteiger partial charge in [-0.1, -0.05) is 12.1 Å². The molecule has 0 atom stereocenters. The molecule has 0 radical (unpaired) electrons. The van der Waals surface area contributed by atoms with Gasteiger partial charge in [0.1, 0.15) is 0 Å². The van der Waals surface area contributed by atoms with Gasteiger partial charge in [-0.15, -0.1) is 0 Å². The SMILES string of the molecule is CCOc1ccc(/C=C2\SC(=O)N(CCN=Cc3cccc(O)c3O)C2=O)cc1OC. The number of methoxy groups -OCH3 is 1. The Kier molecular flexibility index (Phi) is 7.19. The maximum atomic E-state index is 12.6. The highest BCUT2D eigenvalue weighted by molar-refractivity contribution is 8.18. The summed E-state index contributed by atoms with van der Waals surface area (Å²) in [6.45, 7) is 2.64. The summed E-state index contributed by atoms with van der Waals surface area (Å²) in [7, 11) is 1.53. The molecule has 2 amide bonds. The quantitative estimate of drug-likeness (QED) is 0.365. The number of aromatic hydroxyl groups is 2. The fraction of sp³-hybridized carbons (Fsp3) is 0.227. The molecule has 0 saturated carbocycles. The van der Waals surface area contributed by atoms with Gasteiger partial charge in [0.05, 0.1) is 25.2 Å². The minimum Gasteiger partial charge on any atom is -0.504 e. The van der Waals surface area contributed by atoms with E-state index in [1.54, 1.807) is 36.4 Å². The summed E-state index contributed by atoms with van der Waals surface area (Å²) < 4.78 is 10.8. The molecule has 162 valence electrons. The van der Waals surface area contributed by atoms with Crippen LogP contribution in [0.4, 0.5) is 4.79 Å². The lowest BCUT2D eigenvalue weighted by atomic mass is 10.2. The molecule has 1 aliphatic heterocycles. The number of hydrogen-bond acceptors (Lipinski definition) is 8. The average molecular weight is 442 g/mol. The number of amides is 2. The predicted molar refractivity (Wildman–Crippen MR) is 119 cm³/mol. The average Bonchev–Trinajstić information content (AvgIpc) is 3.02.